The van der Waals surface area contributed by atoms with E-state index in [0.717, 1.165) is 72.3 Å². The zero-order chi connectivity index (χ0) is 38.8. The van der Waals surface area contributed by atoms with Crippen LogP contribution in [0.15, 0.2) is 199 Å². The Morgan fingerprint density at radius 3 is 1.72 bits per heavy atom. The number of rotatable bonds is 6. The number of nitrogens with zero attached hydrogens (tertiary/aromatic N) is 2. The van der Waals surface area contributed by atoms with E-state index in [1.165, 1.54) is 33.4 Å². The average Bonchev–Trinajstić information content (AvgIpc) is 3.78. The summed E-state index contributed by atoms with van der Waals surface area (Å²) in [5, 5.41) is 2.21. The van der Waals surface area contributed by atoms with Crippen LogP contribution in [-0.4, -0.2) is 9.97 Å². The number of hydrogen-bond acceptors (Lipinski definition) is 3. The number of para-hydroxylation sites is 1. The van der Waals surface area contributed by atoms with Crippen molar-refractivity contribution < 1.29 is 4.42 Å². The molecule has 3 heteroatoms. The monoisotopic (exact) mass is 742 g/mol. The molecule has 8 aromatic carbocycles. The third-order valence-corrected chi connectivity index (χ3v) is 11.9. The first-order valence-corrected chi connectivity index (χ1v) is 19.9. The number of hydrogen-bond donors (Lipinski definition) is 0. The molecule has 3 nitrogen and oxygen atoms in total. The Labute approximate surface area is 338 Å². The molecule has 2 aromatic heterocycles. The van der Waals surface area contributed by atoms with Crippen molar-refractivity contribution >= 4 is 21.9 Å². The second-order valence-corrected chi connectivity index (χ2v) is 15.8. The van der Waals surface area contributed by atoms with Crippen LogP contribution >= 0.6 is 0 Å². The van der Waals surface area contributed by atoms with Crippen LogP contribution in [0.4, 0.5) is 0 Å². The van der Waals surface area contributed by atoms with Gasteiger partial charge in [-0.05, 0) is 104 Å². The first-order chi connectivity index (χ1) is 28.5. The Hall–Kier alpha value is -7.36. The summed E-state index contributed by atoms with van der Waals surface area (Å²) < 4.78 is 6.24. The highest BCUT2D eigenvalue weighted by Gasteiger charge is 2.37. The number of furan rings is 1. The molecule has 0 N–H and O–H groups in total. The lowest BCUT2D eigenvalue weighted by atomic mass is 9.79. The average molecular weight is 743 g/mol. The fraction of sp³-hybridized carbons (Fsp3) is 0.0545. The zero-order valence-electron chi connectivity index (χ0n) is 32.3. The predicted octanol–water partition coefficient (Wildman–Crippen LogP) is 14.7. The Balaban J connectivity index is 1.14. The van der Waals surface area contributed by atoms with Gasteiger partial charge in [-0.1, -0.05) is 159 Å². The summed E-state index contributed by atoms with van der Waals surface area (Å²) in [5.74, 6) is 0.698. The van der Waals surface area contributed by atoms with Gasteiger partial charge in [-0.2, -0.15) is 0 Å². The van der Waals surface area contributed by atoms with Crippen molar-refractivity contribution in [2.24, 2.45) is 0 Å². The Morgan fingerprint density at radius 1 is 0.362 bits per heavy atom. The molecule has 0 saturated heterocycles. The highest BCUT2D eigenvalue weighted by atomic mass is 16.3. The fourth-order valence-electron chi connectivity index (χ4n) is 9.03. The van der Waals surface area contributed by atoms with Crippen molar-refractivity contribution in [3.63, 3.8) is 0 Å². The van der Waals surface area contributed by atoms with E-state index in [2.05, 4.69) is 190 Å². The molecule has 0 spiro atoms. The van der Waals surface area contributed by atoms with E-state index in [4.69, 9.17) is 14.4 Å². The minimum Gasteiger partial charge on any atom is -0.456 e. The van der Waals surface area contributed by atoms with Crippen molar-refractivity contribution in [2.45, 2.75) is 19.3 Å². The van der Waals surface area contributed by atoms with Crippen molar-refractivity contribution in [3.05, 3.63) is 205 Å². The van der Waals surface area contributed by atoms with Crippen LogP contribution < -0.4 is 0 Å². The van der Waals surface area contributed by atoms with Crippen molar-refractivity contribution in [2.75, 3.05) is 0 Å². The lowest BCUT2D eigenvalue weighted by molar-refractivity contribution is 0.662. The number of benzene rings is 8. The van der Waals surface area contributed by atoms with Crippen LogP contribution in [0.5, 0.6) is 0 Å². The van der Waals surface area contributed by atoms with Crippen LogP contribution in [-0.2, 0) is 5.41 Å². The molecule has 274 valence electrons. The highest BCUT2D eigenvalue weighted by Crippen LogP contribution is 2.52. The predicted molar refractivity (Wildman–Crippen MR) is 239 cm³/mol. The third-order valence-electron chi connectivity index (χ3n) is 11.9. The Kier molecular flexibility index (Phi) is 7.84. The molecule has 11 rings (SSSR count). The molecule has 1 aliphatic carbocycles. The maximum absolute atomic E-state index is 6.24. The summed E-state index contributed by atoms with van der Waals surface area (Å²) in [6.45, 7) is 4.67. The van der Waals surface area contributed by atoms with Gasteiger partial charge in [-0.15, -0.1) is 0 Å². The van der Waals surface area contributed by atoms with Crippen LogP contribution in [0.25, 0.3) is 100 Å². The maximum atomic E-state index is 6.24. The van der Waals surface area contributed by atoms with Crippen LogP contribution in [0.3, 0.4) is 0 Å². The summed E-state index contributed by atoms with van der Waals surface area (Å²) >= 11 is 0. The fourth-order valence-corrected chi connectivity index (χ4v) is 9.03. The van der Waals surface area contributed by atoms with Crippen molar-refractivity contribution in [3.8, 4) is 78.4 Å². The lowest BCUT2D eigenvalue weighted by Gasteiger charge is -2.24. The quantitative estimate of drug-likeness (QED) is 0.170. The largest absolute Gasteiger partial charge is 0.456 e. The van der Waals surface area contributed by atoms with E-state index in [1.54, 1.807) is 0 Å². The van der Waals surface area contributed by atoms with Crippen LogP contribution in [0.1, 0.15) is 25.0 Å². The lowest BCUT2D eigenvalue weighted by Crippen LogP contribution is -2.16. The van der Waals surface area contributed by atoms with E-state index >= 15 is 0 Å². The minimum atomic E-state index is -0.201. The van der Waals surface area contributed by atoms with Gasteiger partial charge in [0.1, 0.15) is 11.2 Å². The van der Waals surface area contributed by atoms with Gasteiger partial charge in [0.15, 0.2) is 5.82 Å². The molecule has 1 aliphatic rings. The summed E-state index contributed by atoms with van der Waals surface area (Å²) in [4.78, 5) is 10.7. The van der Waals surface area contributed by atoms with Gasteiger partial charge >= 0.3 is 0 Å². The first kappa shape index (κ1) is 33.9. The van der Waals surface area contributed by atoms with E-state index in [9.17, 15) is 0 Å². The van der Waals surface area contributed by atoms with Gasteiger partial charge in [0.25, 0.3) is 0 Å². The molecule has 0 aliphatic heterocycles. The van der Waals surface area contributed by atoms with Crippen molar-refractivity contribution in [1.29, 1.82) is 0 Å². The van der Waals surface area contributed by atoms with E-state index in [-0.39, 0.29) is 5.41 Å². The minimum absolute atomic E-state index is 0.201. The Morgan fingerprint density at radius 2 is 0.914 bits per heavy atom. The normalized spacial score (nSPS) is 12.8. The van der Waals surface area contributed by atoms with Gasteiger partial charge in [0, 0.05) is 32.9 Å². The highest BCUT2D eigenvalue weighted by molar-refractivity contribution is 6.06. The third kappa shape index (κ3) is 5.66. The van der Waals surface area contributed by atoms with Crippen LogP contribution in [0.2, 0.25) is 0 Å². The molecule has 0 bridgehead atoms. The van der Waals surface area contributed by atoms with E-state index in [0.29, 0.717) is 5.82 Å². The summed E-state index contributed by atoms with van der Waals surface area (Å²) in [6, 6.07) is 69.1. The van der Waals surface area contributed by atoms with Gasteiger partial charge in [0.2, 0.25) is 0 Å². The molecule has 0 atom stereocenters. The molecule has 58 heavy (non-hydrogen) atoms. The van der Waals surface area contributed by atoms with E-state index in [1.807, 2.05) is 18.2 Å². The van der Waals surface area contributed by atoms with Crippen molar-refractivity contribution in [1.82, 2.24) is 9.97 Å². The molecular formula is C55H38N2O. The van der Waals surface area contributed by atoms with Gasteiger partial charge in [-0.3, -0.25) is 0 Å². The van der Waals surface area contributed by atoms with E-state index < -0.39 is 0 Å². The standard InChI is InChI=1S/C55H38N2O/c1-55(2)48-25-11-9-21-43(48)45-23-14-24-46(53(45)55)50-34-49(56-54(57-50)36-17-7-4-8-18-36)42-31-40(38-20-13-19-37(29-38)35-15-5-3-6-16-35)30-41(32-42)39-27-28-52-47(33-39)44-22-10-12-26-51(44)58-52/h3-34H,1-2H3. The first-order valence-electron chi connectivity index (χ1n) is 19.9. The molecule has 0 radical (unpaired) electrons. The molecule has 0 fully saturated rings. The SMILES string of the molecule is CC1(C)c2ccccc2-c2cccc(-c3cc(-c4cc(-c5cccc(-c6ccccc6)c5)cc(-c5ccc6oc7ccccc7c6c5)c4)nc(-c4ccccc4)n3)c21. The topological polar surface area (TPSA) is 38.9 Å². The maximum Gasteiger partial charge on any atom is 0.160 e. The zero-order valence-corrected chi connectivity index (χ0v) is 32.3. The molecule has 0 saturated carbocycles. The second kappa shape index (κ2) is 13.4. The van der Waals surface area contributed by atoms with Gasteiger partial charge in [-0.25, -0.2) is 9.97 Å². The number of aromatic nitrogens is 2. The number of fused-ring (bicyclic) bond motifs is 6. The Bertz CT molecular complexity index is 3190. The summed E-state index contributed by atoms with van der Waals surface area (Å²) in [5.41, 5.74) is 18.5. The summed E-state index contributed by atoms with van der Waals surface area (Å²) in [6.07, 6.45) is 0. The van der Waals surface area contributed by atoms with Gasteiger partial charge < -0.3 is 4.42 Å². The smallest absolute Gasteiger partial charge is 0.160 e. The molecule has 0 unspecified atom stereocenters. The second-order valence-electron chi connectivity index (χ2n) is 15.8. The molecule has 0 amide bonds. The van der Waals surface area contributed by atoms with Gasteiger partial charge in [0.05, 0.1) is 11.4 Å². The molecule has 10 aromatic rings. The molecule has 2 heterocycles. The molecular weight excluding hydrogens is 705 g/mol. The van der Waals surface area contributed by atoms with Crippen LogP contribution in [0, 0.1) is 0 Å². The summed E-state index contributed by atoms with van der Waals surface area (Å²) in [7, 11) is 0.